The van der Waals surface area contributed by atoms with Crippen molar-refractivity contribution in [3.63, 3.8) is 0 Å². The number of rotatable bonds is 8. The molecule has 13 rings (SSSR count). The molecular weight excluding hydrogens is 1010 g/mol. The van der Waals surface area contributed by atoms with Crippen molar-refractivity contribution >= 4 is 32.8 Å². The zero-order chi connectivity index (χ0) is 90.6. The van der Waals surface area contributed by atoms with Crippen molar-refractivity contribution in [3.8, 4) is 62.1 Å². The first-order valence-electron chi connectivity index (χ1n) is 45.8. The number of para-hydroxylation sites is 3. The van der Waals surface area contributed by atoms with E-state index in [2.05, 4.69) is 78.2 Å². The predicted octanol–water partition coefficient (Wildman–Crippen LogP) is 20.3. The number of aromatic nitrogens is 4. The summed E-state index contributed by atoms with van der Waals surface area (Å²) in [6.45, 7) is -23.8. The zero-order valence-corrected chi connectivity index (χ0v) is 46.1. The molecule has 83 heavy (non-hydrogen) atoms. The van der Waals surface area contributed by atoms with Crippen LogP contribution in [0.2, 0.25) is 0 Å². The minimum Gasteiger partial charge on any atom is -0.458 e. The summed E-state index contributed by atoms with van der Waals surface area (Å²) < 4.78 is 365. The molecule has 0 fully saturated rings. The summed E-state index contributed by atoms with van der Waals surface area (Å²) in [5.74, 6) is 0.989. The maximum absolute atomic E-state index is 10.4. The Hall–Kier alpha value is -8.02. The normalized spacial score (nSPS) is 26.6. The van der Waals surface area contributed by atoms with Crippen molar-refractivity contribution < 1.29 is 61.4 Å². The molecule has 5 heteroatoms. The van der Waals surface area contributed by atoms with Crippen molar-refractivity contribution in [1.29, 1.82) is 0 Å². The predicted molar refractivity (Wildman–Crippen MR) is 347 cm³/mol. The first kappa shape index (κ1) is 26.3. The minimum absolute atomic E-state index is 0.0484. The van der Waals surface area contributed by atoms with Gasteiger partial charge in [0.2, 0.25) is 0 Å². The summed E-state index contributed by atoms with van der Waals surface area (Å²) >= 11 is 0. The lowest BCUT2D eigenvalue weighted by Crippen LogP contribution is -2.34. The van der Waals surface area contributed by atoms with Crippen LogP contribution in [0, 0.1) is 6.33 Å². The van der Waals surface area contributed by atoms with Gasteiger partial charge in [-0.1, -0.05) is 211 Å². The van der Waals surface area contributed by atoms with E-state index in [4.69, 9.17) is 42.6 Å². The molecule has 2 aliphatic carbocycles. The Bertz CT molecular complexity index is 5830. The van der Waals surface area contributed by atoms with Crippen LogP contribution in [0.5, 0.6) is 11.5 Å². The van der Waals surface area contributed by atoms with Crippen LogP contribution < -0.4 is 9.30 Å². The summed E-state index contributed by atoms with van der Waals surface area (Å²) in [6, 6.07) is 28.1. The van der Waals surface area contributed by atoms with Gasteiger partial charge in [0.05, 0.1) is 41.7 Å². The number of hydrogen-bond acceptors (Lipinski definition) is 2. The third-order valence-corrected chi connectivity index (χ3v) is 15.3. The molecule has 0 saturated heterocycles. The van der Waals surface area contributed by atoms with Crippen molar-refractivity contribution in [1.82, 2.24) is 14.1 Å². The Morgan fingerprint density at radius 1 is 0.518 bits per heavy atom. The van der Waals surface area contributed by atoms with E-state index in [0.717, 1.165) is 61.3 Å². The van der Waals surface area contributed by atoms with Crippen LogP contribution in [0.3, 0.4) is 0 Å². The molecule has 418 valence electrons. The molecule has 0 N–H and O–H groups in total. The molecule has 0 aliphatic heterocycles. The van der Waals surface area contributed by atoms with Crippen molar-refractivity contribution in [2.24, 2.45) is 0 Å². The first-order valence-corrected chi connectivity index (χ1v) is 26.8. The van der Waals surface area contributed by atoms with Gasteiger partial charge in [-0.25, -0.2) is 4.98 Å². The van der Waals surface area contributed by atoms with E-state index in [9.17, 15) is 19.2 Å². The number of hydrogen-bond donors (Lipinski definition) is 0. The lowest BCUT2D eigenvalue weighted by atomic mass is 9.62. The Balaban J connectivity index is 1.15. The van der Waals surface area contributed by atoms with Crippen LogP contribution >= 0.6 is 0 Å². The van der Waals surface area contributed by atoms with Gasteiger partial charge in [0.15, 0.2) is 0 Å². The largest absolute Gasteiger partial charge is 0.458 e. The summed E-state index contributed by atoms with van der Waals surface area (Å²) in [6.07, 6.45) is -14.5. The van der Waals surface area contributed by atoms with Gasteiger partial charge in [0, 0.05) is 66.9 Å². The quantitative estimate of drug-likeness (QED) is 0.112. The first-order chi connectivity index (χ1) is 55.0. The van der Waals surface area contributed by atoms with Gasteiger partial charge in [-0.15, -0.1) is 0 Å². The summed E-state index contributed by atoms with van der Waals surface area (Å²) in [4.78, 5) is 4.88. The molecule has 2 aliphatic rings. The molecule has 0 bridgehead atoms. The summed E-state index contributed by atoms with van der Waals surface area (Å²) in [5, 5.41) is 1.68. The standard InChI is InChI=1S/C78H80N4O/c1-73(2,3)54-30-25-50(26-31-54)51-29-36-67-62(43-51)61-33-32-58(48-70(61)82(67)71-46-55(37-42-79-71)74(4,5)6)83-57-20-17-19-56(47-57)80-49-81(69-24-16-15-23-68(69)80)72-59(52-27-34-63-65(44-52)77(11,12)40-38-75(63,7)8)21-18-22-60(72)53-28-35-64-66(45-53)78(13,14)41-39-76(64,9)10/h15-37,42-48H,38-41H2,1-14H3/i7D3,8D3,9D3,10D3,11D3,12D3,13D3,14D3,27D,28D,34D,35D,38D2,39D2,40D2,41D2,44D,45D. The molecule has 0 atom stereocenters. The Morgan fingerprint density at radius 2 is 1.11 bits per heavy atom. The third kappa shape index (κ3) is 9.49. The second-order valence-electron chi connectivity index (χ2n) is 23.3. The maximum atomic E-state index is 10.4. The monoisotopic (exact) mass is 1130 g/mol. The van der Waals surface area contributed by atoms with E-state index in [1.165, 1.54) is 41.0 Å². The average Bonchev–Trinajstić information content (AvgIpc) is 0.642. The lowest BCUT2D eigenvalue weighted by molar-refractivity contribution is -0.571. The minimum atomic E-state index is -4.85. The van der Waals surface area contributed by atoms with Crippen molar-refractivity contribution in [2.75, 3.05) is 0 Å². The molecule has 11 aromatic rings. The van der Waals surface area contributed by atoms with Crippen LogP contribution in [0.25, 0.3) is 83.4 Å². The summed E-state index contributed by atoms with van der Waals surface area (Å²) in [7, 11) is 0. The van der Waals surface area contributed by atoms with Gasteiger partial charge in [0.25, 0.3) is 6.33 Å². The van der Waals surface area contributed by atoms with Crippen LogP contribution in [0.15, 0.2) is 182 Å². The number of ether oxygens (including phenoxy) is 1. The average molecular weight is 1130 g/mol. The van der Waals surface area contributed by atoms with Crippen LogP contribution in [-0.4, -0.2) is 14.1 Å². The second kappa shape index (κ2) is 19.3. The fraction of sp³-hybridized carbons (Fsp3) is 0.308. The molecule has 0 unspecified atom stereocenters. The number of fused-ring (bicyclic) bond motifs is 6. The summed E-state index contributed by atoms with van der Waals surface area (Å²) in [5.41, 5.74) is -26.5. The Kier molecular flexibility index (Phi) is 6.10. The third-order valence-electron chi connectivity index (χ3n) is 15.3. The number of imidazole rings is 1. The van der Waals surface area contributed by atoms with E-state index in [0.29, 0.717) is 11.3 Å². The van der Waals surface area contributed by atoms with E-state index in [1.807, 2.05) is 41.0 Å². The Labute approximate surface area is 546 Å². The van der Waals surface area contributed by atoms with Crippen LogP contribution in [-0.2, 0) is 32.5 Å². The Morgan fingerprint density at radius 3 is 1.73 bits per heavy atom. The van der Waals surface area contributed by atoms with Crippen LogP contribution in [0.4, 0.5) is 0 Å². The smallest absolute Gasteiger partial charge is 0.269 e. The molecule has 0 saturated carbocycles. The highest BCUT2D eigenvalue weighted by Crippen LogP contribution is 2.50. The molecule has 0 spiro atoms. The van der Waals surface area contributed by atoms with E-state index < -0.39 is 188 Å². The molecule has 3 heterocycles. The lowest BCUT2D eigenvalue weighted by Gasteiger charge is -2.42. The van der Waals surface area contributed by atoms with Gasteiger partial charge in [-0.2, -0.15) is 0 Å². The number of nitrogens with zero attached hydrogens (tertiary/aromatic N) is 4. The fourth-order valence-electron chi connectivity index (χ4n) is 10.9. The highest BCUT2D eigenvalue weighted by Gasteiger charge is 2.39. The van der Waals surface area contributed by atoms with Crippen molar-refractivity contribution in [3.05, 3.63) is 222 Å². The van der Waals surface area contributed by atoms with Crippen molar-refractivity contribution in [2.45, 2.75) is 154 Å². The topological polar surface area (TPSA) is 35.9 Å². The molecule has 5 nitrogen and oxygen atoms in total. The fourth-order valence-corrected chi connectivity index (χ4v) is 10.9. The molecule has 8 aromatic carbocycles. The number of benzene rings is 8. The SMILES string of the molecule is [2H]c1c([2H])c2c(c([2H])c1-c1cccc(-c3c([2H])c([2H])c4c(c3[2H])C(C([2H])([2H])[2H])(C([2H])([2H])[2H])C([2H])([2H])C([2H])([2H])C4(C([2H])([2H])[2H])C([2H])([2H])[2H])c1-[n+]1[c-]n(-c3cccc(Oc4ccc5c6cc(-c7ccc(C(C)(C)C)cc7)ccc6n(-c6cc(C(C)(C)C)ccn6)c5c4)c3)c3ccccc31)C(C([2H])([2H])[2H])(C([2H])([2H])[2H])C([2H])([2H])C([2H])([2H])C2(C([2H])([2H])[2H])C([2H])([2H])[2H]. The highest BCUT2D eigenvalue weighted by atomic mass is 16.5. The van der Waals surface area contributed by atoms with Gasteiger partial charge >= 0.3 is 0 Å². The van der Waals surface area contributed by atoms with Crippen LogP contribution in [0.1, 0.15) is 207 Å². The highest BCUT2D eigenvalue weighted by molar-refractivity contribution is 6.10. The number of pyridine rings is 1. The molecule has 0 radical (unpaired) electrons. The maximum Gasteiger partial charge on any atom is 0.269 e. The second-order valence-corrected chi connectivity index (χ2v) is 23.3. The zero-order valence-electron chi connectivity index (χ0n) is 84.1. The van der Waals surface area contributed by atoms with E-state index in [-0.39, 0.29) is 39.0 Å². The molecule has 3 aromatic heterocycles. The van der Waals surface area contributed by atoms with E-state index in [1.54, 1.807) is 24.4 Å². The van der Waals surface area contributed by atoms with Gasteiger partial charge in [-0.05, 0) is 179 Å². The van der Waals surface area contributed by atoms with Gasteiger partial charge < -0.3 is 4.74 Å². The van der Waals surface area contributed by atoms with Gasteiger partial charge in [0.1, 0.15) is 17.3 Å². The van der Waals surface area contributed by atoms with E-state index >= 15 is 0 Å². The molecule has 0 amide bonds. The van der Waals surface area contributed by atoms with Gasteiger partial charge in [-0.3, -0.25) is 13.7 Å². The molecular formula is C78H80N4O.